The van der Waals surface area contributed by atoms with Crippen LogP contribution in [0.4, 0.5) is 5.82 Å². The van der Waals surface area contributed by atoms with E-state index in [1.165, 1.54) is 11.8 Å². The summed E-state index contributed by atoms with van der Waals surface area (Å²) in [4.78, 5) is 23.6. The van der Waals surface area contributed by atoms with E-state index in [1.807, 2.05) is 6.07 Å². The van der Waals surface area contributed by atoms with E-state index in [2.05, 4.69) is 34.0 Å². The van der Waals surface area contributed by atoms with Gasteiger partial charge in [-0.05, 0) is 38.1 Å². The second-order valence-electron chi connectivity index (χ2n) is 6.42. The third-order valence-corrected chi connectivity index (χ3v) is 5.23. The quantitative estimate of drug-likeness (QED) is 0.362. The normalized spacial score (nSPS) is 10.9. The summed E-state index contributed by atoms with van der Waals surface area (Å²) >= 11 is 1.46. The topological polar surface area (TPSA) is 93.6 Å². The van der Waals surface area contributed by atoms with Gasteiger partial charge in [0.2, 0.25) is 0 Å². The molecule has 3 aromatic heterocycles. The van der Waals surface area contributed by atoms with Gasteiger partial charge in [-0.25, -0.2) is 9.97 Å². The van der Waals surface area contributed by atoms with Crippen molar-refractivity contribution in [2.45, 2.75) is 37.9 Å². The predicted octanol–water partition coefficient (Wildman–Crippen LogP) is 3.88. The summed E-state index contributed by atoms with van der Waals surface area (Å²) in [6, 6.07) is 8.98. The largest absolute Gasteiger partial charge is 0.467 e. The zero-order chi connectivity index (χ0) is 21.3. The number of ether oxygens (including phenoxy) is 1. The van der Waals surface area contributed by atoms with Crippen LogP contribution < -0.4 is 10.2 Å². The van der Waals surface area contributed by atoms with E-state index in [4.69, 9.17) is 13.6 Å². The molecule has 0 radical (unpaired) electrons. The maximum atomic E-state index is 12.2. The van der Waals surface area contributed by atoms with Gasteiger partial charge in [-0.3, -0.25) is 4.79 Å². The van der Waals surface area contributed by atoms with Gasteiger partial charge in [-0.15, -0.1) is 0 Å². The van der Waals surface area contributed by atoms with E-state index in [0.29, 0.717) is 35.6 Å². The molecule has 1 amide bonds. The number of nitrogens with one attached hydrogen (secondary N) is 1. The second kappa shape index (κ2) is 10.8. The molecule has 0 atom stereocenters. The van der Waals surface area contributed by atoms with Gasteiger partial charge >= 0.3 is 0 Å². The summed E-state index contributed by atoms with van der Waals surface area (Å²) in [5, 5.41) is 3.41. The third kappa shape index (κ3) is 5.87. The first-order valence-corrected chi connectivity index (χ1v) is 10.7. The number of carbonyl (C=O) groups excluding carboxylic acids is 1. The number of rotatable bonds is 11. The smallest absolute Gasteiger partial charge is 0.287 e. The van der Waals surface area contributed by atoms with E-state index in [0.717, 1.165) is 24.6 Å². The Morgan fingerprint density at radius 1 is 1.20 bits per heavy atom. The molecule has 0 saturated heterocycles. The molecule has 1 N–H and O–H groups in total. The van der Waals surface area contributed by atoms with Crippen LogP contribution in [-0.2, 0) is 23.6 Å². The van der Waals surface area contributed by atoms with Crippen LogP contribution in [0.2, 0.25) is 0 Å². The summed E-state index contributed by atoms with van der Waals surface area (Å²) in [6.45, 7) is 6.64. The van der Waals surface area contributed by atoms with E-state index in [-0.39, 0.29) is 11.7 Å². The molecule has 30 heavy (non-hydrogen) atoms. The Morgan fingerprint density at radius 2 is 2.03 bits per heavy atom. The summed E-state index contributed by atoms with van der Waals surface area (Å²) in [5.41, 5.74) is 0.828. The van der Waals surface area contributed by atoms with Crippen LogP contribution in [0.1, 0.15) is 41.6 Å². The Balaban J connectivity index is 1.63. The molecule has 0 fully saturated rings. The Bertz CT molecular complexity index is 938. The van der Waals surface area contributed by atoms with E-state index < -0.39 is 0 Å². The molecular formula is C21H26N4O4S. The number of furan rings is 2. The predicted molar refractivity (Wildman–Crippen MR) is 114 cm³/mol. The van der Waals surface area contributed by atoms with Crippen LogP contribution in [0.5, 0.6) is 0 Å². The average Bonchev–Trinajstić information content (AvgIpc) is 3.44. The lowest BCUT2D eigenvalue weighted by Crippen LogP contribution is -2.23. The number of hydrogen-bond acceptors (Lipinski definition) is 8. The first-order chi connectivity index (χ1) is 14.6. The monoisotopic (exact) mass is 430 g/mol. The van der Waals surface area contributed by atoms with Gasteiger partial charge in [0.25, 0.3) is 5.91 Å². The van der Waals surface area contributed by atoms with Gasteiger partial charge in [0.15, 0.2) is 10.9 Å². The van der Waals surface area contributed by atoms with Crippen molar-refractivity contribution in [3.63, 3.8) is 0 Å². The zero-order valence-corrected chi connectivity index (χ0v) is 18.2. The van der Waals surface area contributed by atoms with Gasteiger partial charge in [0, 0.05) is 26.3 Å². The molecular weight excluding hydrogens is 404 g/mol. The minimum absolute atomic E-state index is 0.259. The van der Waals surface area contributed by atoms with Crippen molar-refractivity contribution < 1.29 is 18.4 Å². The highest BCUT2D eigenvalue weighted by molar-refractivity contribution is 7.98. The zero-order valence-electron chi connectivity index (χ0n) is 17.4. The van der Waals surface area contributed by atoms with Gasteiger partial charge in [-0.1, -0.05) is 11.8 Å². The lowest BCUT2D eigenvalue weighted by Gasteiger charge is -2.20. The number of aromatic nitrogens is 2. The molecule has 160 valence electrons. The summed E-state index contributed by atoms with van der Waals surface area (Å²) < 4.78 is 16.1. The number of methoxy groups -OCH3 is 1. The number of hydrogen-bond donors (Lipinski definition) is 1. The van der Waals surface area contributed by atoms with Crippen LogP contribution in [-0.4, -0.2) is 36.1 Å². The van der Waals surface area contributed by atoms with Gasteiger partial charge in [-0.2, -0.15) is 0 Å². The van der Waals surface area contributed by atoms with Crippen molar-refractivity contribution in [2.75, 3.05) is 25.1 Å². The molecule has 3 rings (SSSR count). The van der Waals surface area contributed by atoms with Gasteiger partial charge in [0.05, 0.1) is 30.9 Å². The minimum atomic E-state index is -0.287. The molecule has 0 bridgehead atoms. The lowest BCUT2D eigenvalue weighted by molar-refractivity contribution is 0.0919. The fourth-order valence-corrected chi connectivity index (χ4v) is 3.60. The first kappa shape index (κ1) is 21.9. The Labute approximate surface area is 180 Å². The van der Waals surface area contributed by atoms with Gasteiger partial charge in [0.1, 0.15) is 17.3 Å². The highest BCUT2D eigenvalue weighted by atomic mass is 32.2. The van der Waals surface area contributed by atoms with Crippen molar-refractivity contribution >= 4 is 23.5 Å². The fourth-order valence-electron chi connectivity index (χ4n) is 2.84. The molecule has 3 aromatic rings. The molecule has 9 heteroatoms. The lowest BCUT2D eigenvalue weighted by atomic mass is 10.3. The van der Waals surface area contributed by atoms with Crippen LogP contribution in [0.25, 0.3) is 0 Å². The van der Waals surface area contributed by atoms with E-state index in [1.54, 1.807) is 37.6 Å². The molecule has 0 aliphatic heterocycles. The van der Waals surface area contributed by atoms with Crippen molar-refractivity contribution in [1.82, 2.24) is 15.3 Å². The number of anilines is 1. The molecule has 0 spiro atoms. The molecule has 0 aromatic carbocycles. The molecule has 0 aliphatic carbocycles. The summed E-state index contributed by atoms with van der Waals surface area (Å²) in [5.74, 6) is 2.72. The third-order valence-electron chi connectivity index (χ3n) is 4.36. The number of carbonyl (C=O) groups is 1. The van der Waals surface area contributed by atoms with Crippen molar-refractivity contribution in [3.8, 4) is 0 Å². The van der Waals surface area contributed by atoms with Crippen LogP contribution in [0, 0.1) is 0 Å². The van der Waals surface area contributed by atoms with Crippen LogP contribution in [0.3, 0.4) is 0 Å². The Kier molecular flexibility index (Phi) is 7.92. The summed E-state index contributed by atoms with van der Waals surface area (Å²) in [6.07, 6.45) is 1.57. The molecule has 3 heterocycles. The van der Waals surface area contributed by atoms with Crippen LogP contribution >= 0.6 is 11.8 Å². The first-order valence-electron chi connectivity index (χ1n) is 9.76. The SMILES string of the molecule is CCN(CC)c1cc(COC)nc(SCc2ccc(C(=O)NCc3ccco3)o2)n1. The minimum Gasteiger partial charge on any atom is -0.467 e. The number of nitrogens with zero attached hydrogens (tertiary/aromatic N) is 3. The van der Waals surface area contributed by atoms with E-state index >= 15 is 0 Å². The summed E-state index contributed by atoms with van der Waals surface area (Å²) in [7, 11) is 1.65. The molecule has 0 unspecified atom stereocenters. The highest BCUT2D eigenvalue weighted by Crippen LogP contribution is 2.24. The molecule has 0 aliphatic rings. The van der Waals surface area contributed by atoms with Crippen molar-refractivity contribution in [3.05, 3.63) is 59.6 Å². The fraction of sp³-hybridized carbons (Fsp3) is 0.381. The van der Waals surface area contributed by atoms with Gasteiger partial charge < -0.3 is 23.8 Å². The van der Waals surface area contributed by atoms with Crippen LogP contribution in [0.15, 0.2) is 50.6 Å². The molecule has 0 saturated carbocycles. The maximum absolute atomic E-state index is 12.2. The Hall–Kier alpha value is -2.78. The standard InChI is InChI=1S/C21H26N4O4S/c1-4-25(5-2)19-11-15(13-27-3)23-21(24-19)30-14-17-8-9-18(29-17)20(26)22-12-16-7-6-10-28-16/h6-11H,4-5,12-14H2,1-3H3,(H,22,26). The van der Waals surface area contributed by atoms with E-state index in [9.17, 15) is 4.79 Å². The average molecular weight is 431 g/mol. The van der Waals surface area contributed by atoms with Crippen molar-refractivity contribution in [1.29, 1.82) is 0 Å². The Morgan fingerprint density at radius 3 is 2.73 bits per heavy atom. The number of amides is 1. The molecule has 8 nitrogen and oxygen atoms in total. The maximum Gasteiger partial charge on any atom is 0.287 e. The second-order valence-corrected chi connectivity index (χ2v) is 7.36. The van der Waals surface area contributed by atoms with Crippen molar-refractivity contribution in [2.24, 2.45) is 0 Å². The number of thioether (sulfide) groups is 1. The highest BCUT2D eigenvalue weighted by Gasteiger charge is 2.14.